The number of hydrogen-bond acceptors (Lipinski definition) is 13. The van der Waals surface area contributed by atoms with Gasteiger partial charge >= 0.3 is 0 Å². The second kappa shape index (κ2) is 18.4. The summed E-state index contributed by atoms with van der Waals surface area (Å²) >= 11 is 13.6. The van der Waals surface area contributed by atoms with Crippen LogP contribution in [0.2, 0.25) is 10.0 Å². The Morgan fingerprint density at radius 3 is 2.48 bits per heavy atom. The molecule has 2 atom stereocenters. The number of anilines is 4. The zero-order valence-corrected chi connectivity index (χ0v) is 38.5. The van der Waals surface area contributed by atoms with E-state index in [-0.39, 0.29) is 72.9 Å². The summed E-state index contributed by atoms with van der Waals surface area (Å²) in [6.07, 6.45) is 6.21. The number of pyridine rings is 1. The third-order valence-electron chi connectivity index (χ3n) is 13.4. The van der Waals surface area contributed by atoms with Gasteiger partial charge in [0.05, 0.1) is 34.6 Å². The molecule has 0 spiro atoms. The molecule has 3 saturated heterocycles. The maximum Gasteiger partial charge on any atom is 0.293 e. The number of carbonyl (C=O) groups excluding carboxylic acids is 4. The predicted molar refractivity (Wildman–Crippen MR) is 247 cm³/mol. The topological polar surface area (TPSA) is 184 Å². The molecule has 1 saturated carbocycles. The van der Waals surface area contributed by atoms with Crippen LogP contribution in [0.1, 0.15) is 81.3 Å². The van der Waals surface area contributed by atoms with Crippen molar-refractivity contribution in [3.05, 3.63) is 74.1 Å². The van der Waals surface area contributed by atoms with Crippen LogP contribution in [0.4, 0.5) is 23.1 Å². The summed E-state index contributed by atoms with van der Waals surface area (Å²) in [5, 5.41) is 9.87. The molecule has 19 heteroatoms. The number of piperidine rings is 2. The molecular weight excluding hydrogens is 875 g/mol. The first-order chi connectivity index (χ1) is 31.3. The van der Waals surface area contributed by atoms with Gasteiger partial charge in [0, 0.05) is 93.1 Å². The first kappa shape index (κ1) is 44.7. The van der Waals surface area contributed by atoms with Gasteiger partial charge in [-0.2, -0.15) is 4.98 Å². The quantitative estimate of drug-likeness (QED) is 0.161. The Morgan fingerprint density at radius 1 is 0.969 bits per heavy atom. The second-order valence-corrected chi connectivity index (χ2v) is 18.7. The number of likely N-dealkylation sites (N-methyl/N-ethyl adjacent to an activating group) is 1. The van der Waals surface area contributed by atoms with Crippen molar-refractivity contribution >= 4 is 80.9 Å². The van der Waals surface area contributed by atoms with Crippen LogP contribution in [0.3, 0.4) is 0 Å². The molecule has 4 amide bonds. The molecule has 0 unspecified atom stereocenters. The van der Waals surface area contributed by atoms with Crippen LogP contribution in [0.5, 0.6) is 5.75 Å². The summed E-state index contributed by atoms with van der Waals surface area (Å²) in [5.41, 5.74) is 3.29. The van der Waals surface area contributed by atoms with E-state index in [1.807, 2.05) is 44.2 Å². The number of halogens is 2. The van der Waals surface area contributed by atoms with E-state index in [1.165, 1.54) is 7.05 Å². The number of amides is 4. The van der Waals surface area contributed by atoms with Gasteiger partial charge in [0.25, 0.3) is 17.4 Å². The normalized spacial score (nSPS) is 22.9. The van der Waals surface area contributed by atoms with Gasteiger partial charge in [0.1, 0.15) is 11.1 Å². The van der Waals surface area contributed by atoms with Crippen LogP contribution in [0, 0.1) is 0 Å². The highest BCUT2D eigenvalue weighted by molar-refractivity contribution is 6.35. The molecule has 65 heavy (non-hydrogen) atoms. The van der Waals surface area contributed by atoms with Gasteiger partial charge < -0.3 is 39.4 Å². The van der Waals surface area contributed by atoms with Gasteiger partial charge in [-0.3, -0.25) is 34.2 Å². The third-order valence-corrected chi connectivity index (χ3v) is 14.1. The van der Waals surface area contributed by atoms with Gasteiger partial charge in [0.2, 0.25) is 17.8 Å². The molecular formula is C46H54Cl2N10O7. The summed E-state index contributed by atoms with van der Waals surface area (Å²) in [7, 11) is 1.51. The van der Waals surface area contributed by atoms with Crippen LogP contribution < -0.4 is 36.0 Å². The molecule has 17 nitrogen and oxygen atoms in total. The molecule has 5 aliphatic rings. The minimum absolute atomic E-state index is 0.0900. The van der Waals surface area contributed by atoms with Crippen molar-refractivity contribution in [3.8, 4) is 5.75 Å². The van der Waals surface area contributed by atoms with Crippen LogP contribution in [0.25, 0.3) is 10.9 Å². The monoisotopic (exact) mass is 928 g/mol. The SMILES string of the molecule is CNC(=O)COc1cc2cc(Nc3nc(N4CCC(O[C@H]5C[C@H](N6CCN(c7ccc8c(c7Cl)CN([C@H]7CCC(=O)NC7=O)C8=O)[C@H](C)C6)C5)CC4)ncc3Cl)ccc2n(C(C)C)c1=O. The molecule has 344 valence electrons. The molecule has 9 rings (SSSR count). The van der Waals surface area contributed by atoms with Crippen LogP contribution in [-0.2, 0) is 25.7 Å². The average molecular weight is 930 g/mol. The fraction of sp³-hybridized carbons (Fsp3) is 0.500. The number of imide groups is 1. The molecule has 4 aliphatic heterocycles. The van der Waals surface area contributed by atoms with Crippen molar-refractivity contribution in [2.45, 2.75) is 102 Å². The van der Waals surface area contributed by atoms with E-state index < -0.39 is 11.9 Å². The number of nitrogens with one attached hydrogen (secondary N) is 3. The van der Waals surface area contributed by atoms with Gasteiger partial charge in [-0.25, -0.2) is 4.98 Å². The Bertz CT molecular complexity index is 2600. The number of hydrogen-bond donors (Lipinski definition) is 3. The molecule has 1 aliphatic carbocycles. The van der Waals surface area contributed by atoms with Gasteiger partial charge in [-0.15, -0.1) is 0 Å². The number of nitrogens with zero attached hydrogens (tertiary/aromatic N) is 7. The lowest BCUT2D eigenvalue weighted by atomic mass is 9.86. The van der Waals surface area contributed by atoms with Crippen molar-refractivity contribution in [2.75, 3.05) is 61.5 Å². The maximum absolute atomic E-state index is 13.3. The second-order valence-electron chi connectivity index (χ2n) is 17.9. The number of benzene rings is 2. The molecule has 3 N–H and O–H groups in total. The Balaban J connectivity index is 0.756. The number of piperazine rings is 1. The van der Waals surface area contributed by atoms with Crippen molar-refractivity contribution < 1.29 is 28.7 Å². The maximum atomic E-state index is 13.3. The van der Waals surface area contributed by atoms with E-state index in [0.717, 1.165) is 80.6 Å². The molecule has 4 fully saturated rings. The van der Waals surface area contributed by atoms with Crippen LogP contribution in [-0.4, -0.2) is 125 Å². The van der Waals surface area contributed by atoms with Crippen LogP contribution in [0.15, 0.2) is 47.4 Å². The average Bonchev–Trinajstić information content (AvgIpc) is 3.61. The Hall–Kier alpha value is -5.49. The number of rotatable bonds is 12. The van der Waals surface area contributed by atoms with Crippen molar-refractivity contribution in [3.63, 3.8) is 0 Å². The van der Waals surface area contributed by atoms with E-state index in [2.05, 4.69) is 42.6 Å². The Labute approximate surface area is 386 Å². The fourth-order valence-corrected chi connectivity index (χ4v) is 10.3. The molecule has 0 radical (unpaired) electrons. The van der Waals surface area contributed by atoms with E-state index in [4.69, 9.17) is 37.7 Å². The minimum atomic E-state index is -0.680. The summed E-state index contributed by atoms with van der Waals surface area (Å²) in [6.45, 7) is 10.1. The van der Waals surface area contributed by atoms with Crippen molar-refractivity contribution in [1.82, 2.24) is 35.0 Å². The first-order valence-electron chi connectivity index (χ1n) is 22.5. The zero-order chi connectivity index (χ0) is 45.7. The lowest BCUT2D eigenvalue weighted by Crippen LogP contribution is -2.59. The molecule has 6 heterocycles. The smallest absolute Gasteiger partial charge is 0.293 e. The molecule has 2 aromatic heterocycles. The van der Waals surface area contributed by atoms with Gasteiger partial charge in [-0.1, -0.05) is 23.2 Å². The number of fused-ring (bicyclic) bond motifs is 2. The highest BCUT2D eigenvalue weighted by Gasteiger charge is 2.42. The van der Waals surface area contributed by atoms with Crippen LogP contribution >= 0.6 is 23.2 Å². The predicted octanol–water partition coefficient (Wildman–Crippen LogP) is 5.04. The molecule has 2 aromatic carbocycles. The van der Waals surface area contributed by atoms with Crippen molar-refractivity contribution in [1.29, 1.82) is 0 Å². The summed E-state index contributed by atoms with van der Waals surface area (Å²) in [4.78, 5) is 80.7. The molecule has 0 bridgehead atoms. The van der Waals surface area contributed by atoms with E-state index in [1.54, 1.807) is 21.7 Å². The minimum Gasteiger partial charge on any atom is -0.478 e. The fourth-order valence-electron chi connectivity index (χ4n) is 9.86. The van der Waals surface area contributed by atoms with Gasteiger partial charge in [-0.05, 0) is 89.3 Å². The number of carbonyl (C=O) groups is 4. The highest BCUT2D eigenvalue weighted by Crippen LogP contribution is 2.40. The number of aromatic nitrogens is 3. The summed E-state index contributed by atoms with van der Waals surface area (Å²) < 4.78 is 13.9. The first-order valence-corrected chi connectivity index (χ1v) is 23.2. The third kappa shape index (κ3) is 8.95. The van der Waals surface area contributed by atoms with E-state index >= 15 is 0 Å². The summed E-state index contributed by atoms with van der Waals surface area (Å²) in [6, 6.07) is 10.9. The number of ether oxygens (including phenoxy) is 2. The highest BCUT2D eigenvalue weighted by atomic mass is 35.5. The Kier molecular flexibility index (Phi) is 12.7. The zero-order valence-electron chi connectivity index (χ0n) is 36.9. The lowest BCUT2D eigenvalue weighted by Gasteiger charge is -2.50. The van der Waals surface area contributed by atoms with Crippen molar-refractivity contribution in [2.24, 2.45) is 0 Å². The Morgan fingerprint density at radius 2 is 1.75 bits per heavy atom. The summed E-state index contributed by atoms with van der Waals surface area (Å²) in [5.74, 6) is -0.173. The largest absolute Gasteiger partial charge is 0.478 e. The van der Waals surface area contributed by atoms with E-state index in [9.17, 15) is 24.0 Å². The van der Waals surface area contributed by atoms with Gasteiger partial charge in [0.15, 0.2) is 18.2 Å². The lowest BCUT2D eigenvalue weighted by molar-refractivity contribution is -0.137. The standard InChI is InChI=1S/C46H54Cl2N10O7/c1-25(2)58-35-7-5-28(17-27(35)18-38(45(58)63)64-24-40(60)49-4)51-42-34(47)21-50-46(53-42)54-13-11-30(12-14-54)65-31-19-29(20-31)55-15-16-56(26(3)22-55)36-8-6-32-33(41(36)48)23-57(44(32)62)37-9-10-39(59)52-43(37)61/h5-8,17-18,21,25-26,29-31,37H,9-16,19-20,22-24H2,1-4H3,(H,49,60)(H,50,51,53)(H,52,59,61)/t26-,29-,31-,37+/m1/s1. The molecule has 4 aromatic rings. The van der Waals surface area contributed by atoms with E-state index in [0.29, 0.717) is 45.5 Å².